The van der Waals surface area contributed by atoms with Gasteiger partial charge in [0.2, 0.25) is 5.91 Å². The fourth-order valence-corrected chi connectivity index (χ4v) is 2.43. The number of hydrogen-bond donors (Lipinski definition) is 1. The lowest BCUT2D eigenvalue weighted by atomic mass is 10.1. The van der Waals surface area contributed by atoms with Crippen LogP contribution in [-0.2, 0) is 11.3 Å². The van der Waals surface area contributed by atoms with Gasteiger partial charge in [0.05, 0.1) is 0 Å². The Morgan fingerprint density at radius 1 is 1.37 bits per heavy atom. The van der Waals surface area contributed by atoms with E-state index in [1.54, 1.807) is 0 Å². The zero-order valence-corrected chi connectivity index (χ0v) is 12.1. The van der Waals surface area contributed by atoms with Crippen LogP contribution >= 0.6 is 11.6 Å². The maximum Gasteiger partial charge on any atom is 0.228 e. The number of rotatable bonds is 5. The third kappa shape index (κ3) is 3.95. The number of nitrogens with one attached hydrogen (secondary N) is 1. The largest absolute Gasteiger partial charge is 0.326 e. The van der Waals surface area contributed by atoms with Gasteiger partial charge in [-0.1, -0.05) is 25.1 Å². The van der Waals surface area contributed by atoms with Crippen LogP contribution in [0.25, 0.3) is 0 Å². The lowest BCUT2D eigenvalue weighted by Crippen LogP contribution is -2.24. The van der Waals surface area contributed by atoms with Gasteiger partial charge in [0.1, 0.15) is 0 Å². The van der Waals surface area contributed by atoms with Gasteiger partial charge in [-0.15, -0.1) is 11.6 Å². The van der Waals surface area contributed by atoms with Gasteiger partial charge < -0.3 is 5.32 Å². The molecule has 19 heavy (non-hydrogen) atoms. The number of benzene rings is 1. The van der Waals surface area contributed by atoms with Gasteiger partial charge in [-0.05, 0) is 37.6 Å². The number of amides is 1. The minimum atomic E-state index is -0.165. The summed E-state index contributed by atoms with van der Waals surface area (Å²) in [6.07, 6.45) is 2.55. The number of likely N-dealkylation sites (tertiary alicyclic amines) is 1. The van der Waals surface area contributed by atoms with Crippen molar-refractivity contribution in [2.45, 2.75) is 26.3 Å². The SMILES string of the molecule is CC(CCl)C(=O)Nc1ccccc1CN1CCCC1. The van der Waals surface area contributed by atoms with E-state index in [9.17, 15) is 4.79 Å². The summed E-state index contributed by atoms with van der Waals surface area (Å²) in [7, 11) is 0. The van der Waals surface area contributed by atoms with Gasteiger partial charge in [-0.3, -0.25) is 9.69 Å². The maximum atomic E-state index is 11.9. The molecule has 1 aromatic carbocycles. The Bertz CT molecular complexity index is 430. The van der Waals surface area contributed by atoms with Crippen LogP contribution in [0, 0.1) is 5.92 Å². The van der Waals surface area contributed by atoms with Crippen LogP contribution < -0.4 is 5.32 Å². The van der Waals surface area contributed by atoms with Crippen molar-refractivity contribution < 1.29 is 4.79 Å². The molecule has 0 saturated carbocycles. The topological polar surface area (TPSA) is 32.3 Å². The van der Waals surface area contributed by atoms with Gasteiger partial charge in [0, 0.05) is 24.0 Å². The molecule has 3 nitrogen and oxygen atoms in total. The van der Waals surface area contributed by atoms with Crippen molar-refractivity contribution in [1.29, 1.82) is 0 Å². The minimum absolute atomic E-state index is 0.0103. The third-order valence-electron chi connectivity index (χ3n) is 3.55. The van der Waals surface area contributed by atoms with E-state index in [1.807, 2.05) is 25.1 Å². The van der Waals surface area contributed by atoms with Crippen LogP contribution in [0.5, 0.6) is 0 Å². The van der Waals surface area contributed by atoms with Crippen molar-refractivity contribution in [2.24, 2.45) is 5.92 Å². The molecule has 1 aromatic rings. The number of carbonyl (C=O) groups excluding carboxylic acids is 1. The number of nitrogens with zero attached hydrogens (tertiary/aromatic N) is 1. The van der Waals surface area contributed by atoms with E-state index in [0.717, 1.165) is 25.3 Å². The molecular weight excluding hydrogens is 260 g/mol. The second-order valence-corrected chi connectivity index (χ2v) is 5.49. The van der Waals surface area contributed by atoms with Crippen molar-refractivity contribution in [1.82, 2.24) is 4.90 Å². The van der Waals surface area contributed by atoms with Gasteiger partial charge in [0.15, 0.2) is 0 Å². The third-order valence-corrected chi connectivity index (χ3v) is 4.01. The summed E-state index contributed by atoms with van der Waals surface area (Å²) in [6, 6.07) is 8.02. The highest BCUT2D eigenvalue weighted by atomic mass is 35.5. The van der Waals surface area contributed by atoms with E-state index >= 15 is 0 Å². The number of para-hydroxylation sites is 1. The van der Waals surface area contributed by atoms with Crippen molar-refractivity contribution in [3.63, 3.8) is 0 Å². The summed E-state index contributed by atoms with van der Waals surface area (Å²) in [5.41, 5.74) is 2.09. The van der Waals surface area contributed by atoms with Crippen LogP contribution in [0.1, 0.15) is 25.3 Å². The van der Waals surface area contributed by atoms with Gasteiger partial charge in [0.25, 0.3) is 0 Å². The normalized spacial score (nSPS) is 17.4. The Labute approximate surface area is 119 Å². The molecule has 104 valence electrons. The Kier molecular flexibility index (Phi) is 5.23. The molecule has 0 spiro atoms. The predicted molar refractivity (Wildman–Crippen MR) is 79.5 cm³/mol. The lowest BCUT2D eigenvalue weighted by Gasteiger charge is -2.18. The van der Waals surface area contributed by atoms with Crippen molar-refractivity contribution >= 4 is 23.2 Å². The standard InChI is InChI=1S/C15H21ClN2O/c1-12(10-16)15(19)17-14-7-3-2-6-13(14)11-18-8-4-5-9-18/h2-3,6-7,12H,4-5,8-11H2,1H3,(H,17,19). The highest BCUT2D eigenvalue weighted by Gasteiger charge is 2.16. The van der Waals surface area contributed by atoms with E-state index in [2.05, 4.69) is 16.3 Å². The van der Waals surface area contributed by atoms with Gasteiger partial charge in [-0.25, -0.2) is 0 Å². The lowest BCUT2D eigenvalue weighted by molar-refractivity contribution is -0.118. The first kappa shape index (κ1) is 14.4. The van der Waals surface area contributed by atoms with Gasteiger partial charge in [-0.2, -0.15) is 0 Å². The van der Waals surface area contributed by atoms with Crippen LogP contribution in [0.4, 0.5) is 5.69 Å². The minimum Gasteiger partial charge on any atom is -0.326 e. The zero-order chi connectivity index (χ0) is 13.7. The fraction of sp³-hybridized carbons (Fsp3) is 0.533. The molecule has 1 unspecified atom stereocenters. The first-order chi connectivity index (χ1) is 9.20. The smallest absolute Gasteiger partial charge is 0.228 e. The Balaban J connectivity index is 2.05. The van der Waals surface area contributed by atoms with Crippen molar-refractivity contribution in [2.75, 3.05) is 24.3 Å². The second-order valence-electron chi connectivity index (χ2n) is 5.19. The fourth-order valence-electron chi connectivity index (χ4n) is 2.29. The molecule has 2 rings (SSSR count). The number of anilines is 1. The summed E-state index contributed by atoms with van der Waals surface area (Å²) < 4.78 is 0. The maximum absolute atomic E-state index is 11.9. The van der Waals surface area contributed by atoms with Crippen LogP contribution in [0.15, 0.2) is 24.3 Å². The Hall–Kier alpha value is -1.06. The molecule has 4 heteroatoms. The van der Waals surface area contributed by atoms with Crippen LogP contribution in [-0.4, -0.2) is 29.8 Å². The van der Waals surface area contributed by atoms with Crippen molar-refractivity contribution in [3.05, 3.63) is 29.8 Å². The monoisotopic (exact) mass is 280 g/mol. The van der Waals surface area contributed by atoms with E-state index in [0.29, 0.717) is 5.88 Å². The molecule has 1 amide bonds. The molecular formula is C15H21ClN2O. The number of alkyl halides is 1. The average molecular weight is 281 g/mol. The van der Waals surface area contributed by atoms with Gasteiger partial charge >= 0.3 is 0 Å². The molecule has 1 saturated heterocycles. The average Bonchev–Trinajstić information content (AvgIpc) is 2.93. The van der Waals surface area contributed by atoms with E-state index in [-0.39, 0.29) is 11.8 Å². The quantitative estimate of drug-likeness (QED) is 0.841. The molecule has 0 bridgehead atoms. The van der Waals surface area contributed by atoms with Crippen LogP contribution in [0.3, 0.4) is 0 Å². The summed E-state index contributed by atoms with van der Waals surface area (Å²) >= 11 is 5.72. The van der Waals surface area contributed by atoms with Crippen LogP contribution in [0.2, 0.25) is 0 Å². The summed E-state index contributed by atoms with van der Waals surface area (Å²) in [4.78, 5) is 14.4. The molecule has 1 aliphatic rings. The molecule has 1 atom stereocenters. The van der Waals surface area contributed by atoms with E-state index in [4.69, 9.17) is 11.6 Å². The van der Waals surface area contributed by atoms with Crippen molar-refractivity contribution in [3.8, 4) is 0 Å². The number of carbonyl (C=O) groups is 1. The zero-order valence-electron chi connectivity index (χ0n) is 11.4. The molecule has 0 aliphatic carbocycles. The summed E-state index contributed by atoms with van der Waals surface area (Å²) in [5.74, 6) is 0.172. The Morgan fingerprint density at radius 2 is 2.05 bits per heavy atom. The highest BCUT2D eigenvalue weighted by molar-refractivity contribution is 6.19. The van der Waals surface area contributed by atoms with E-state index in [1.165, 1.54) is 18.4 Å². The number of hydrogen-bond acceptors (Lipinski definition) is 2. The van der Waals surface area contributed by atoms with E-state index < -0.39 is 0 Å². The summed E-state index contributed by atoms with van der Waals surface area (Å²) in [5, 5.41) is 2.99. The first-order valence-electron chi connectivity index (χ1n) is 6.88. The molecule has 0 aromatic heterocycles. The molecule has 1 N–H and O–H groups in total. The highest BCUT2D eigenvalue weighted by Crippen LogP contribution is 2.20. The molecule has 1 aliphatic heterocycles. The number of halogens is 1. The Morgan fingerprint density at radius 3 is 2.74 bits per heavy atom. The molecule has 1 fully saturated rings. The second kappa shape index (κ2) is 6.92. The first-order valence-corrected chi connectivity index (χ1v) is 7.41. The molecule has 1 heterocycles. The summed E-state index contributed by atoms with van der Waals surface area (Å²) in [6.45, 7) is 5.05. The predicted octanol–water partition coefficient (Wildman–Crippen LogP) is 3.10. The molecule has 0 radical (unpaired) electrons.